The molecule has 0 bridgehead atoms. The quantitative estimate of drug-likeness (QED) is 0.825. The summed E-state index contributed by atoms with van der Waals surface area (Å²) in [7, 11) is 0. The molecule has 1 aliphatic rings. The monoisotopic (exact) mass is 278 g/mol. The smallest absolute Gasteiger partial charge is 0.308 e. The maximum Gasteiger partial charge on any atom is 0.308 e. The first-order valence-corrected chi connectivity index (χ1v) is 6.66. The Morgan fingerprint density at radius 3 is 2.60 bits per heavy atom. The Morgan fingerprint density at radius 1 is 1.25 bits per heavy atom. The van der Waals surface area contributed by atoms with Gasteiger partial charge in [-0.2, -0.15) is 0 Å². The molecule has 2 N–H and O–H groups in total. The van der Waals surface area contributed by atoms with Gasteiger partial charge in [-0.15, -0.1) is 0 Å². The zero-order chi connectivity index (χ0) is 14.5. The molecule has 0 radical (unpaired) electrons. The third-order valence-corrected chi connectivity index (χ3v) is 3.74. The summed E-state index contributed by atoms with van der Waals surface area (Å²) in [5, 5.41) is 18.2. The minimum Gasteiger partial charge on any atom is -0.481 e. The third-order valence-electron chi connectivity index (χ3n) is 3.74. The lowest BCUT2D eigenvalue weighted by molar-refractivity contribution is -0.157. The standard InChI is InChI=1S/C14H18N2O4/c17-13(18)11-5-8-16(9-12(11)14(19)20)7-4-10-3-1-2-6-15-10/h1-3,6,11-12H,4-5,7-9H2,(H,17,18)(H,19,20). The van der Waals surface area contributed by atoms with E-state index < -0.39 is 23.8 Å². The van der Waals surface area contributed by atoms with Crippen LogP contribution in [0.4, 0.5) is 0 Å². The van der Waals surface area contributed by atoms with Gasteiger partial charge in [0.15, 0.2) is 0 Å². The highest BCUT2D eigenvalue weighted by Crippen LogP contribution is 2.24. The van der Waals surface area contributed by atoms with Gasteiger partial charge in [-0.05, 0) is 25.1 Å². The topological polar surface area (TPSA) is 90.7 Å². The molecule has 1 aliphatic heterocycles. The number of rotatable bonds is 5. The summed E-state index contributed by atoms with van der Waals surface area (Å²) < 4.78 is 0. The molecule has 2 unspecified atom stereocenters. The van der Waals surface area contributed by atoms with Crippen LogP contribution in [0.15, 0.2) is 24.4 Å². The molecular formula is C14H18N2O4. The molecular weight excluding hydrogens is 260 g/mol. The van der Waals surface area contributed by atoms with Gasteiger partial charge < -0.3 is 15.1 Å². The highest BCUT2D eigenvalue weighted by atomic mass is 16.4. The fraction of sp³-hybridized carbons (Fsp3) is 0.500. The van der Waals surface area contributed by atoms with Gasteiger partial charge >= 0.3 is 11.9 Å². The van der Waals surface area contributed by atoms with Crippen molar-refractivity contribution in [3.8, 4) is 0 Å². The second-order valence-electron chi connectivity index (χ2n) is 5.05. The number of hydrogen-bond donors (Lipinski definition) is 2. The average Bonchev–Trinajstić information content (AvgIpc) is 2.45. The number of likely N-dealkylation sites (tertiary alicyclic amines) is 1. The summed E-state index contributed by atoms with van der Waals surface area (Å²) in [6, 6.07) is 5.69. The molecule has 1 fully saturated rings. The second kappa shape index (κ2) is 6.47. The van der Waals surface area contributed by atoms with Crippen molar-refractivity contribution in [3.05, 3.63) is 30.1 Å². The summed E-state index contributed by atoms with van der Waals surface area (Å²) in [6.07, 6.45) is 2.85. The molecule has 0 aliphatic carbocycles. The van der Waals surface area contributed by atoms with Gasteiger partial charge in [0.2, 0.25) is 0 Å². The number of carbonyl (C=O) groups is 2. The molecule has 0 amide bonds. The number of aromatic nitrogens is 1. The van der Waals surface area contributed by atoms with Gasteiger partial charge in [0.1, 0.15) is 0 Å². The van der Waals surface area contributed by atoms with Gasteiger partial charge in [0.25, 0.3) is 0 Å². The summed E-state index contributed by atoms with van der Waals surface area (Å²) in [4.78, 5) is 28.5. The van der Waals surface area contributed by atoms with Crippen molar-refractivity contribution in [1.82, 2.24) is 9.88 Å². The van der Waals surface area contributed by atoms with Gasteiger partial charge in [-0.25, -0.2) is 0 Å². The summed E-state index contributed by atoms with van der Waals surface area (Å²) in [6.45, 7) is 1.61. The minimum absolute atomic E-state index is 0.291. The first-order chi connectivity index (χ1) is 9.58. The largest absolute Gasteiger partial charge is 0.481 e. The first kappa shape index (κ1) is 14.5. The van der Waals surface area contributed by atoms with E-state index in [-0.39, 0.29) is 0 Å². The number of nitrogens with zero attached hydrogens (tertiary/aromatic N) is 2. The van der Waals surface area contributed by atoms with Crippen LogP contribution in [-0.4, -0.2) is 51.7 Å². The van der Waals surface area contributed by atoms with Gasteiger partial charge in [0.05, 0.1) is 11.8 Å². The van der Waals surface area contributed by atoms with E-state index in [9.17, 15) is 9.59 Å². The molecule has 0 saturated carbocycles. The van der Waals surface area contributed by atoms with Crippen LogP contribution in [0.5, 0.6) is 0 Å². The Kier molecular flexibility index (Phi) is 4.68. The normalized spacial score (nSPS) is 23.4. The molecule has 6 nitrogen and oxygen atoms in total. The third kappa shape index (κ3) is 3.54. The molecule has 2 atom stereocenters. The van der Waals surface area contributed by atoms with E-state index in [1.807, 2.05) is 23.1 Å². The van der Waals surface area contributed by atoms with E-state index >= 15 is 0 Å². The molecule has 2 rings (SSSR count). The van der Waals surface area contributed by atoms with Crippen LogP contribution in [0.1, 0.15) is 12.1 Å². The second-order valence-corrected chi connectivity index (χ2v) is 5.05. The van der Waals surface area contributed by atoms with Crippen molar-refractivity contribution in [1.29, 1.82) is 0 Å². The highest BCUT2D eigenvalue weighted by molar-refractivity contribution is 5.80. The fourth-order valence-electron chi connectivity index (χ4n) is 2.59. The lowest BCUT2D eigenvalue weighted by Crippen LogP contribution is -2.47. The Morgan fingerprint density at radius 2 is 2.00 bits per heavy atom. The lowest BCUT2D eigenvalue weighted by Gasteiger charge is -2.34. The van der Waals surface area contributed by atoms with E-state index in [0.717, 1.165) is 12.1 Å². The summed E-state index contributed by atoms with van der Waals surface area (Å²) >= 11 is 0. The lowest BCUT2D eigenvalue weighted by atomic mass is 9.85. The van der Waals surface area contributed by atoms with Crippen molar-refractivity contribution in [2.24, 2.45) is 11.8 Å². The van der Waals surface area contributed by atoms with Crippen molar-refractivity contribution in [2.75, 3.05) is 19.6 Å². The maximum atomic E-state index is 11.2. The predicted octanol–water partition coefficient (Wildman–Crippen LogP) is 0.731. The number of piperidine rings is 1. The van der Waals surface area contributed by atoms with Crippen LogP contribution in [0, 0.1) is 11.8 Å². The van der Waals surface area contributed by atoms with Crippen molar-refractivity contribution in [3.63, 3.8) is 0 Å². The number of pyridine rings is 1. The molecule has 1 aromatic rings. The molecule has 1 aromatic heterocycles. The van der Waals surface area contributed by atoms with Crippen molar-refractivity contribution >= 4 is 11.9 Å². The Hall–Kier alpha value is -1.95. The van der Waals surface area contributed by atoms with E-state index in [0.29, 0.717) is 26.1 Å². The molecule has 0 spiro atoms. The van der Waals surface area contributed by atoms with E-state index in [1.165, 1.54) is 0 Å². The molecule has 0 aromatic carbocycles. The number of carboxylic acids is 2. The molecule has 1 saturated heterocycles. The average molecular weight is 278 g/mol. The van der Waals surface area contributed by atoms with Crippen molar-refractivity contribution in [2.45, 2.75) is 12.8 Å². The molecule has 108 valence electrons. The molecule has 6 heteroatoms. The molecule has 20 heavy (non-hydrogen) atoms. The van der Waals surface area contributed by atoms with Crippen LogP contribution in [0.3, 0.4) is 0 Å². The highest BCUT2D eigenvalue weighted by Gasteiger charge is 2.38. The Balaban J connectivity index is 1.92. The number of aliphatic carboxylic acids is 2. The van der Waals surface area contributed by atoms with Crippen LogP contribution in [0.2, 0.25) is 0 Å². The number of hydrogen-bond acceptors (Lipinski definition) is 4. The minimum atomic E-state index is -1.03. The maximum absolute atomic E-state index is 11.2. The zero-order valence-electron chi connectivity index (χ0n) is 11.1. The van der Waals surface area contributed by atoms with Crippen molar-refractivity contribution < 1.29 is 19.8 Å². The van der Waals surface area contributed by atoms with Crippen LogP contribution in [-0.2, 0) is 16.0 Å². The van der Waals surface area contributed by atoms with Crippen LogP contribution >= 0.6 is 0 Å². The van der Waals surface area contributed by atoms with E-state index in [4.69, 9.17) is 10.2 Å². The zero-order valence-corrected chi connectivity index (χ0v) is 11.1. The van der Waals surface area contributed by atoms with E-state index in [1.54, 1.807) is 6.20 Å². The SMILES string of the molecule is O=C(O)C1CCN(CCc2ccccn2)CC1C(=O)O. The molecule has 2 heterocycles. The summed E-state index contributed by atoms with van der Waals surface area (Å²) in [5.74, 6) is -3.65. The van der Waals surface area contributed by atoms with Gasteiger partial charge in [-0.1, -0.05) is 6.07 Å². The fourth-order valence-corrected chi connectivity index (χ4v) is 2.59. The van der Waals surface area contributed by atoms with Gasteiger partial charge in [0, 0.05) is 31.4 Å². The predicted molar refractivity (Wildman–Crippen MR) is 71.2 cm³/mol. The van der Waals surface area contributed by atoms with Crippen LogP contribution < -0.4 is 0 Å². The Labute approximate surface area is 117 Å². The van der Waals surface area contributed by atoms with E-state index in [2.05, 4.69) is 4.98 Å². The first-order valence-electron chi connectivity index (χ1n) is 6.66. The summed E-state index contributed by atoms with van der Waals surface area (Å²) in [5.41, 5.74) is 0.958. The number of carboxylic acid groups (broad SMARTS) is 2. The van der Waals surface area contributed by atoms with Crippen LogP contribution in [0.25, 0.3) is 0 Å². The Bertz CT molecular complexity index is 477. The van der Waals surface area contributed by atoms with Gasteiger partial charge in [-0.3, -0.25) is 14.6 Å².